The zero-order valence-corrected chi connectivity index (χ0v) is 13.0. The fraction of sp³-hybridized carbons (Fsp3) is 0.211. The molecule has 1 heteroatoms. The van der Waals surface area contributed by atoms with Crippen molar-refractivity contribution in [1.29, 1.82) is 5.26 Å². The molecule has 0 amide bonds. The highest BCUT2D eigenvalue weighted by Crippen LogP contribution is 1.99. The molecule has 0 radical (unpaired) electrons. The molecule has 0 heterocycles. The first-order chi connectivity index (χ1) is 9.49. The summed E-state index contributed by atoms with van der Waals surface area (Å²) in [5.41, 5.74) is 3.04. The maximum Gasteiger partial charge on any atom is 0.0944 e. The van der Waals surface area contributed by atoms with Crippen LogP contribution < -0.4 is 0 Å². The Morgan fingerprint density at radius 2 is 1.50 bits per heavy atom. The van der Waals surface area contributed by atoms with Crippen LogP contribution in [0.25, 0.3) is 0 Å². The lowest BCUT2D eigenvalue weighted by Gasteiger charge is -1.88. The monoisotopic (exact) mass is 265 g/mol. The molecule has 1 nitrogen and oxygen atoms in total. The first-order valence-corrected chi connectivity index (χ1v) is 6.45. The van der Waals surface area contributed by atoms with E-state index in [1.807, 2.05) is 39.0 Å². The van der Waals surface area contributed by atoms with E-state index < -0.39 is 0 Å². The molecule has 0 bridgehead atoms. The van der Waals surface area contributed by atoms with Crippen LogP contribution in [0.1, 0.15) is 27.7 Å². The van der Waals surface area contributed by atoms with Gasteiger partial charge < -0.3 is 0 Å². The molecule has 104 valence electrons. The topological polar surface area (TPSA) is 23.8 Å². The van der Waals surface area contributed by atoms with Crippen LogP contribution in [0, 0.1) is 23.2 Å². The Balaban J connectivity index is 0. The van der Waals surface area contributed by atoms with Crippen LogP contribution in [-0.4, -0.2) is 0 Å². The summed E-state index contributed by atoms with van der Waals surface area (Å²) in [6.07, 6.45) is 8.81. The third-order valence-electron chi connectivity index (χ3n) is 1.94. The summed E-state index contributed by atoms with van der Waals surface area (Å²) >= 11 is 0. The van der Waals surface area contributed by atoms with Crippen LogP contribution in [0.4, 0.5) is 0 Å². The average Bonchev–Trinajstić information content (AvgIpc) is 2.49. The third-order valence-corrected chi connectivity index (χ3v) is 1.94. The zero-order valence-electron chi connectivity index (χ0n) is 13.0. The second kappa shape index (κ2) is 12.9. The molecule has 0 aromatic carbocycles. The second-order valence-electron chi connectivity index (χ2n) is 3.70. The molecule has 0 spiro atoms. The van der Waals surface area contributed by atoms with Gasteiger partial charge in [0.05, 0.1) is 6.07 Å². The lowest BCUT2D eigenvalue weighted by atomic mass is 10.2. The summed E-state index contributed by atoms with van der Waals surface area (Å²) in [7, 11) is 0. The lowest BCUT2D eigenvalue weighted by molar-refractivity contribution is 1.44. The van der Waals surface area contributed by atoms with Crippen molar-refractivity contribution < 1.29 is 0 Å². The second-order valence-corrected chi connectivity index (χ2v) is 3.70. The molecule has 0 unspecified atom stereocenters. The van der Waals surface area contributed by atoms with Gasteiger partial charge in [-0.3, -0.25) is 0 Å². The predicted octanol–water partition coefficient (Wildman–Crippen LogP) is 5.29. The summed E-state index contributed by atoms with van der Waals surface area (Å²) in [5, 5.41) is 8.59. The van der Waals surface area contributed by atoms with Crippen molar-refractivity contribution in [1.82, 2.24) is 0 Å². The number of nitrogens with zero attached hydrogens (tertiary/aromatic N) is 1. The van der Waals surface area contributed by atoms with Crippen LogP contribution in [0.2, 0.25) is 0 Å². The molecular formula is C19H23N. The lowest BCUT2D eigenvalue weighted by Crippen LogP contribution is -1.73. The van der Waals surface area contributed by atoms with Crippen molar-refractivity contribution in [3.63, 3.8) is 0 Å². The van der Waals surface area contributed by atoms with Crippen LogP contribution >= 0.6 is 0 Å². The van der Waals surface area contributed by atoms with Crippen molar-refractivity contribution in [2.45, 2.75) is 27.7 Å². The highest BCUT2D eigenvalue weighted by molar-refractivity contribution is 5.44. The van der Waals surface area contributed by atoms with Gasteiger partial charge in [-0.15, -0.1) is 0 Å². The van der Waals surface area contributed by atoms with Crippen molar-refractivity contribution in [3.05, 3.63) is 72.4 Å². The minimum Gasteiger partial charge on any atom is -0.193 e. The Morgan fingerprint density at radius 1 is 0.950 bits per heavy atom. The Bertz CT molecular complexity index is 535. The molecule has 0 rings (SSSR count). The van der Waals surface area contributed by atoms with E-state index in [2.05, 4.69) is 31.6 Å². The van der Waals surface area contributed by atoms with E-state index >= 15 is 0 Å². The maximum atomic E-state index is 8.59. The van der Waals surface area contributed by atoms with Gasteiger partial charge in [0.25, 0.3) is 0 Å². The Labute approximate surface area is 124 Å². The van der Waals surface area contributed by atoms with E-state index in [-0.39, 0.29) is 0 Å². The molecule has 0 atom stereocenters. The van der Waals surface area contributed by atoms with Crippen molar-refractivity contribution in [2.75, 3.05) is 0 Å². The van der Waals surface area contributed by atoms with Crippen molar-refractivity contribution in [2.24, 2.45) is 0 Å². The van der Waals surface area contributed by atoms with Gasteiger partial charge in [-0.05, 0) is 43.2 Å². The van der Waals surface area contributed by atoms with Crippen LogP contribution in [0.5, 0.6) is 0 Å². The zero-order chi connectivity index (χ0) is 16.0. The Kier molecular flexibility index (Phi) is 12.8. The molecule has 0 aromatic heterocycles. The molecule has 0 fully saturated rings. The van der Waals surface area contributed by atoms with Gasteiger partial charge in [0.2, 0.25) is 0 Å². The van der Waals surface area contributed by atoms with Crippen LogP contribution in [0.15, 0.2) is 72.4 Å². The van der Waals surface area contributed by atoms with Gasteiger partial charge in [0.15, 0.2) is 0 Å². The molecule has 0 saturated heterocycles. The van der Waals surface area contributed by atoms with E-state index in [1.54, 1.807) is 25.2 Å². The molecule has 0 aliphatic heterocycles. The molecule has 0 saturated carbocycles. The summed E-state index contributed by atoms with van der Waals surface area (Å²) in [4.78, 5) is 0. The standard InChI is InChI=1S/C17H17N.C2H6/c1-6-14(2)7-8-15(3)9-10-16(4)11-12-17(5)13-18;1-2/h6-8,11-12H,1-3H2,4-5H3;1-2H3/b8-7-,16-11+,17-12+;. The predicted molar refractivity (Wildman–Crippen MR) is 89.9 cm³/mol. The van der Waals surface area contributed by atoms with E-state index in [9.17, 15) is 0 Å². The van der Waals surface area contributed by atoms with Gasteiger partial charge in [0.1, 0.15) is 0 Å². The molecule has 20 heavy (non-hydrogen) atoms. The van der Waals surface area contributed by atoms with Crippen molar-refractivity contribution >= 4 is 0 Å². The van der Waals surface area contributed by atoms with Crippen LogP contribution in [0.3, 0.4) is 0 Å². The molecular weight excluding hydrogens is 242 g/mol. The summed E-state index contributed by atoms with van der Waals surface area (Å²) in [5.74, 6) is 5.87. The minimum absolute atomic E-state index is 0.650. The van der Waals surface area contributed by atoms with Crippen molar-refractivity contribution in [3.8, 4) is 17.9 Å². The highest BCUT2D eigenvalue weighted by Gasteiger charge is 1.84. The number of hydrogen-bond acceptors (Lipinski definition) is 1. The average molecular weight is 265 g/mol. The molecule has 0 aliphatic rings. The summed E-state index contributed by atoms with van der Waals surface area (Å²) < 4.78 is 0. The van der Waals surface area contributed by atoms with E-state index in [1.165, 1.54) is 0 Å². The molecule has 0 aliphatic carbocycles. The summed E-state index contributed by atoms with van der Waals surface area (Å²) in [6.45, 7) is 18.8. The molecule has 0 N–H and O–H groups in total. The quantitative estimate of drug-likeness (QED) is 0.385. The van der Waals surface area contributed by atoms with Crippen LogP contribution in [-0.2, 0) is 0 Å². The first kappa shape index (κ1) is 19.8. The maximum absolute atomic E-state index is 8.59. The van der Waals surface area contributed by atoms with E-state index in [0.29, 0.717) is 11.1 Å². The Morgan fingerprint density at radius 3 is 2.00 bits per heavy atom. The smallest absolute Gasteiger partial charge is 0.0944 e. The number of nitriles is 1. The minimum atomic E-state index is 0.650. The first-order valence-electron chi connectivity index (χ1n) is 6.45. The fourth-order valence-corrected chi connectivity index (χ4v) is 0.825. The van der Waals surface area contributed by atoms with Gasteiger partial charge in [-0.2, -0.15) is 5.26 Å². The highest BCUT2D eigenvalue weighted by atomic mass is 14.2. The van der Waals surface area contributed by atoms with E-state index in [4.69, 9.17) is 5.26 Å². The van der Waals surface area contributed by atoms with E-state index in [0.717, 1.165) is 11.1 Å². The number of rotatable bonds is 4. The number of allylic oxidation sites excluding steroid dienone is 9. The molecule has 0 aromatic rings. The SMILES string of the molecule is C=CC(=C)/C=C\C(=C)C#C/C(C)=C/C=C(\C)C#N.CC. The number of hydrogen-bond donors (Lipinski definition) is 0. The third kappa shape index (κ3) is 12.0. The van der Waals surface area contributed by atoms with Gasteiger partial charge in [-0.25, -0.2) is 0 Å². The normalized spacial score (nSPS) is 10.6. The fourth-order valence-electron chi connectivity index (χ4n) is 0.825. The van der Waals surface area contributed by atoms with Gasteiger partial charge in [-0.1, -0.05) is 57.6 Å². The summed E-state index contributed by atoms with van der Waals surface area (Å²) in [6, 6.07) is 2.04. The van der Waals surface area contributed by atoms with Gasteiger partial charge >= 0.3 is 0 Å². The Hall–Kier alpha value is -2.51. The van der Waals surface area contributed by atoms with Gasteiger partial charge in [0, 0.05) is 11.1 Å². The largest absolute Gasteiger partial charge is 0.193 e.